The molecule has 5 aliphatic rings. The smallest absolute Gasteiger partial charge is 0.303 e. The highest BCUT2D eigenvalue weighted by Gasteiger charge is 2.71. The molecule has 1 amide bonds. The number of guanidine groups is 1. The Hall–Kier alpha value is -3.64. The van der Waals surface area contributed by atoms with Gasteiger partial charge in [-0.05, 0) is 140 Å². The van der Waals surface area contributed by atoms with Crippen molar-refractivity contribution in [2.45, 2.75) is 103 Å². The lowest BCUT2D eigenvalue weighted by molar-refractivity contribution is -0.229. The number of carboxylic acids is 1. The molecule has 12 atom stereocenters. The Labute approximate surface area is 324 Å². The molecule has 1 spiro atoms. The van der Waals surface area contributed by atoms with Crippen LogP contribution in [0, 0.1) is 52.3 Å². The van der Waals surface area contributed by atoms with E-state index in [1.54, 1.807) is 30.3 Å². The van der Waals surface area contributed by atoms with Gasteiger partial charge in [-0.1, -0.05) is 44.2 Å². The first-order chi connectivity index (χ1) is 26.4. The fraction of sp³-hybridized carbons (Fsp3) is 0.636. The number of ketones is 1. The number of aliphatic imine (C=N–C) groups is 1. The highest BCUT2D eigenvalue weighted by molar-refractivity contribution is 6.02. The summed E-state index contributed by atoms with van der Waals surface area (Å²) >= 11 is 0. The molecule has 7 rings (SSSR count). The van der Waals surface area contributed by atoms with Crippen LogP contribution in [0.2, 0.25) is 0 Å². The number of hydrogen-bond acceptors (Lipinski definition) is 7. The Bertz CT molecular complexity index is 1760. The van der Waals surface area contributed by atoms with Crippen molar-refractivity contribution in [2.75, 3.05) is 19.7 Å². The van der Waals surface area contributed by atoms with Gasteiger partial charge < -0.3 is 36.8 Å². The summed E-state index contributed by atoms with van der Waals surface area (Å²) < 4.78 is 6.42. The molecule has 2 unspecified atom stereocenters. The molecule has 55 heavy (non-hydrogen) atoms. The van der Waals surface area contributed by atoms with Crippen molar-refractivity contribution in [3.63, 3.8) is 0 Å². The van der Waals surface area contributed by atoms with Crippen LogP contribution in [0.4, 0.5) is 0 Å². The van der Waals surface area contributed by atoms with Crippen molar-refractivity contribution in [1.82, 2.24) is 5.32 Å². The Morgan fingerprint density at radius 2 is 1.78 bits per heavy atom. The lowest BCUT2D eigenvalue weighted by atomic mass is 9.37. The number of carbonyl (C=O) groups is 3. The number of rotatable bonds is 14. The first-order valence-corrected chi connectivity index (χ1v) is 20.7. The molecule has 0 aliphatic heterocycles. The van der Waals surface area contributed by atoms with Crippen LogP contribution in [0.15, 0.2) is 53.5 Å². The number of Topliss-reactive ketones (excluding diaryl/α,β-unsaturated/α-hetero) is 1. The van der Waals surface area contributed by atoms with Gasteiger partial charge in [0.05, 0.1) is 31.5 Å². The zero-order valence-electron chi connectivity index (χ0n) is 32.4. The van der Waals surface area contributed by atoms with E-state index in [0.717, 1.165) is 68.9 Å². The molecule has 8 N–H and O–H groups in total. The first-order valence-electron chi connectivity index (χ1n) is 20.7. The molecule has 11 nitrogen and oxygen atoms in total. The van der Waals surface area contributed by atoms with Gasteiger partial charge in [0.25, 0.3) is 5.91 Å². The lowest BCUT2D eigenvalue weighted by Crippen LogP contribution is -2.64. The number of aliphatic hydroxyl groups excluding tert-OH is 2. The normalized spacial score (nSPS) is 35.2. The highest BCUT2D eigenvalue weighted by atomic mass is 16.5. The van der Waals surface area contributed by atoms with E-state index in [2.05, 4.69) is 24.2 Å². The van der Waals surface area contributed by atoms with Gasteiger partial charge in [0.15, 0.2) is 11.7 Å². The zero-order chi connectivity index (χ0) is 39.1. The Morgan fingerprint density at radius 3 is 2.51 bits per heavy atom. The van der Waals surface area contributed by atoms with Crippen LogP contribution >= 0.6 is 0 Å². The average Bonchev–Trinajstić information content (AvgIpc) is 3.52. The number of carboxylic acid groups (broad SMARTS) is 1. The summed E-state index contributed by atoms with van der Waals surface area (Å²) in [6.07, 6.45) is 8.84. The van der Waals surface area contributed by atoms with Crippen LogP contribution in [0.3, 0.4) is 0 Å². The summed E-state index contributed by atoms with van der Waals surface area (Å²) in [7, 11) is 0. The molecule has 0 bridgehead atoms. The van der Waals surface area contributed by atoms with Gasteiger partial charge in [-0.25, -0.2) is 0 Å². The minimum Gasteiger partial charge on any atom is -0.481 e. The third kappa shape index (κ3) is 7.38. The molecule has 0 aromatic heterocycles. The number of aliphatic carboxylic acids is 1. The summed E-state index contributed by atoms with van der Waals surface area (Å²) in [5.41, 5.74) is 13.3. The monoisotopic (exact) mass is 756 g/mol. The van der Waals surface area contributed by atoms with Gasteiger partial charge in [-0.2, -0.15) is 4.99 Å². The molecule has 11 heteroatoms. The predicted octanol–water partition coefficient (Wildman–Crippen LogP) is 5.42. The number of carbonyl (C=O) groups excluding carboxylic acids is 2. The van der Waals surface area contributed by atoms with Crippen molar-refractivity contribution in [2.24, 2.45) is 68.7 Å². The number of benzene rings is 2. The third-order valence-corrected chi connectivity index (χ3v) is 15.2. The molecule has 5 saturated carbocycles. The SMILES string of the molecule is CC[C@]12C(CC[C@@H]1[C@H](C)CCC(=O)O)[C@@H]1[C@H](O)C[C@@H]3C[C@@H](OCCNCC(=O)c4cccc(-c5ccc(C(=O)N=C(N)N)cc5)c4)CC[C@@]34CC(C[C@@H]2O)[C@@H]14. The zero-order valence-corrected chi connectivity index (χ0v) is 32.4. The van der Waals surface area contributed by atoms with Crippen molar-refractivity contribution in [3.8, 4) is 11.1 Å². The maximum Gasteiger partial charge on any atom is 0.303 e. The molecule has 5 aliphatic carbocycles. The third-order valence-electron chi connectivity index (χ3n) is 15.2. The van der Waals surface area contributed by atoms with Gasteiger partial charge in [0.1, 0.15) is 0 Å². The fourth-order valence-electron chi connectivity index (χ4n) is 13.0. The molecule has 0 heterocycles. The predicted molar refractivity (Wildman–Crippen MR) is 210 cm³/mol. The number of ether oxygens (including phenoxy) is 1. The van der Waals surface area contributed by atoms with Crippen molar-refractivity contribution >= 4 is 23.6 Å². The van der Waals surface area contributed by atoms with Crippen LogP contribution < -0.4 is 16.8 Å². The van der Waals surface area contributed by atoms with E-state index in [1.165, 1.54) is 0 Å². The second-order valence-corrected chi connectivity index (χ2v) is 17.6. The largest absolute Gasteiger partial charge is 0.481 e. The number of aliphatic hydroxyl groups is 2. The van der Waals surface area contributed by atoms with Crippen LogP contribution in [-0.4, -0.2) is 76.9 Å². The summed E-state index contributed by atoms with van der Waals surface area (Å²) in [6.45, 7) is 5.67. The highest BCUT2D eigenvalue weighted by Crippen LogP contribution is 2.75. The second kappa shape index (κ2) is 16.1. The van der Waals surface area contributed by atoms with E-state index in [4.69, 9.17) is 16.2 Å². The van der Waals surface area contributed by atoms with Crippen LogP contribution in [0.25, 0.3) is 11.1 Å². The van der Waals surface area contributed by atoms with Crippen LogP contribution in [0.1, 0.15) is 105 Å². The molecule has 298 valence electrons. The number of hydrogen-bond donors (Lipinski definition) is 6. The van der Waals surface area contributed by atoms with E-state index in [-0.39, 0.29) is 71.4 Å². The number of nitrogens with two attached hydrogens (primary N) is 2. The Kier molecular flexibility index (Phi) is 11.6. The number of nitrogens with zero attached hydrogens (tertiary/aromatic N) is 1. The fourth-order valence-corrected chi connectivity index (χ4v) is 13.0. The quantitative estimate of drug-likeness (QED) is 0.0627. The van der Waals surface area contributed by atoms with Crippen LogP contribution in [-0.2, 0) is 9.53 Å². The summed E-state index contributed by atoms with van der Waals surface area (Å²) in [4.78, 5) is 40.2. The summed E-state index contributed by atoms with van der Waals surface area (Å²) in [6, 6.07) is 14.3. The number of fused-ring (bicyclic) bond motifs is 2. The van der Waals surface area contributed by atoms with Gasteiger partial charge >= 0.3 is 5.97 Å². The van der Waals surface area contributed by atoms with E-state index in [1.807, 2.05) is 18.2 Å². The van der Waals surface area contributed by atoms with E-state index >= 15 is 0 Å². The van der Waals surface area contributed by atoms with Crippen LogP contribution in [0.5, 0.6) is 0 Å². The van der Waals surface area contributed by atoms with Gasteiger partial charge in [-0.3, -0.25) is 14.4 Å². The molecule has 5 fully saturated rings. The molecule has 2 aromatic rings. The average molecular weight is 757 g/mol. The lowest BCUT2D eigenvalue weighted by Gasteiger charge is -2.68. The molecule has 2 aromatic carbocycles. The minimum atomic E-state index is -0.755. The summed E-state index contributed by atoms with van der Waals surface area (Å²) in [5, 5.41) is 36.7. The number of amides is 1. The topological polar surface area (TPSA) is 198 Å². The van der Waals surface area contributed by atoms with Crippen molar-refractivity contribution in [3.05, 3.63) is 59.7 Å². The van der Waals surface area contributed by atoms with Crippen molar-refractivity contribution in [1.29, 1.82) is 0 Å². The Balaban J connectivity index is 0.912. The number of nitrogens with one attached hydrogen (secondary N) is 1. The maximum atomic E-state index is 13.1. The van der Waals surface area contributed by atoms with Gasteiger partial charge in [0.2, 0.25) is 0 Å². The molecule has 0 saturated heterocycles. The Morgan fingerprint density at radius 1 is 1.00 bits per heavy atom. The standard InChI is InChI=1S/C44H60N4O7/c1-3-44-33(25(2)7-14-38(52)53)12-13-34(44)39-35(49)22-31-21-32(15-16-43(31)23-30(40(39)43)20-37(44)51)55-18-17-47-24-36(50)29-6-4-5-28(19-29)26-8-10-27(11-9-26)41(54)48-42(45)46/h4-6,8-11,19,25,30-35,37,39-40,47,49,51H,3,7,12-18,20-24H2,1-2H3,(H,52,53)(H4,45,46,48,54)/t25-,30?,31+,32+,33-,34?,35-,37+,39-,40+,43-,44-/m1/s1. The van der Waals surface area contributed by atoms with E-state index < -0.39 is 18.0 Å². The van der Waals surface area contributed by atoms with E-state index in [9.17, 15) is 29.7 Å². The molecular weight excluding hydrogens is 697 g/mol. The second-order valence-electron chi connectivity index (χ2n) is 17.6. The van der Waals surface area contributed by atoms with Crippen molar-refractivity contribution < 1.29 is 34.4 Å². The molecule has 0 radical (unpaired) electrons. The van der Waals surface area contributed by atoms with Gasteiger partial charge in [0, 0.05) is 29.5 Å². The van der Waals surface area contributed by atoms with Gasteiger partial charge in [-0.15, -0.1) is 0 Å². The van der Waals surface area contributed by atoms with E-state index in [0.29, 0.717) is 48.5 Å². The minimum absolute atomic E-state index is 0.0183. The molecular formula is C44H60N4O7. The maximum absolute atomic E-state index is 13.1. The summed E-state index contributed by atoms with van der Waals surface area (Å²) in [5.74, 6) is 0.716. The first kappa shape index (κ1) is 39.6.